The Morgan fingerprint density at radius 3 is 2.35 bits per heavy atom. The number of halogens is 1. The van der Waals surface area contributed by atoms with Crippen LogP contribution in [0.3, 0.4) is 0 Å². The van der Waals surface area contributed by atoms with Crippen LogP contribution in [0.25, 0.3) is 0 Å². The zero-order valence-corrected chi connectivity index (χ0v) is 15.8. The molecule has 0 aliphatic carbocycles. The molecule has 26 heavy (non-hydrogen) atoms. The molecule has 0 fully saturated rings. The second-order valence-corrected chi connectivity index (χ2v) is 6.26. The topological polar surface area (TPSA) is 67.9 Å². The van der Waals surface area contributed by atoms with Crippen molar-refractivity contribution in [3.63, 3.8) is 0 Å². The highest BCUT2D eigenvalue weighted by Crippen LogP contribution is 2.27. The smallest absolute Gasteiger partial charge is 0.338 e. The van der Waals surface area contributed by atoms with Crippen LogP contribution in [-0.4, -0.2) is 39.2 Å². The second-order valence-electron chi connectivity index (χ2n) is 5.82. The fourth-order valence-electron chi connectivity index (χ4n) is 2.19. The highest BCUT2D eigenvalue weighted by molar-refractivity contribution is 6.31. The number of methoxy groups -OCH3 is 1. The van der Waals surface area contributed by atoms with Crippen molar-refractivity contribution in [1.82, 2.24) is 0 Å². The van der Waals surface area contributed by atoms with Crippen LogP contribution in [0, 0.1) is 0 Å². The third-order valence-electron chi connectivity index (χ3n) is 3.69. The summed E-state index contributed by atoms with van der Waals surface area (Å²) in [6.07, 6.45) is -0.986. The average molecular weight is 377 g/mol. The molecule has 0 aliphatic heterocycles. The number of anilines is 2. The van der Waals surface area contributed by atoms with Gasteiger partial charge in [0.25, 0.3) is 5.91 Å². The van der Waals surface area contributed by atoms with Gasteiger partial charge in [-0.25, -0.2) is 4.79 Å². The largest absolute Gasteiger partial charge is 0.495 e. The number of rotatable bonds is 6. The molecule has 1 amide bonds. The van der Waals surface area contributed by atoms with Gasteiger partial charge in [0.05, 0.1) is 18.4 Å². The summed E-state index contributed by atoms with van der Waals surface area (Å²) in [7, 11) is 5.30. The van der Waals surface area contributed by atoms with E-state index in [9.17, 15) is 9.59 Å². The van der Waals surface area contributed by atoms with E-state index in [1.54, 1.807) is 42.5 Å². The Bertz CT molecular complexity index is 791. The molecular formula is C19H21ClN2O4. The first-order chi connectivity index (χ1) is 12.3. The molecule has 7 heteroatoms. The molecule has 0 radical (unpaired) electrons. The Labute approximate surface area is 157 Å². The molecule has 0 aliphatic rings. The van der Waals surface area contributed by atoms with Gasteiger partial charge in [-0.3, -0.25) is 4.79 Å². The number of esters is 1. The van der Waals surface area contributed by atoms with Gasteiger partial charge in [0.2, 0.25) is 0 Å². The molecule has 2 aromatic rings. The van der Waals surface area contributed by atoms with Gasteiger partial charge in [-0.05, 0) is 49.4 Å². The van der Waals surface area contributed by atoms with Gasteiger partial charge in [0.1, 0.15) is 5.75 Å². The van der Waals surface area contributed by atoms with Crippen molar-refractivity contribution in [2.75, 3.05) is 31.4 Å². The second kappa shape index (κ2) is 8.58. The molecule has 2 rings (SSSR count). The number of hydrogen-bond donors (Lipinski definition) is 1. The van der Waals surface area contributed by atoms with Crippen molar-refractivity contribution >= 4 is 34.9 Å². The Morgan fingerprint density at radius 1 is 1.12 bits per heavy atom. The summed E-state index contributed by atoms with van der Waals surface area (Å²) >= 11 is 5.94. The molecule has 0 spiro atoms. The van der Waals surface area contributed by atoms with Gasteiger partial charge in [-0.15, -0.1) is 0 Å². The minimum absolute atomic E-state index is 0.371. The van der Waals surface area contributed by atoms with Crippen molar-refractivity contribution in [2.45, 2.75) is 13.0 Å². The first kappa shape index (κ1) is 19.6. The van der Waals surface area contributed by atoms with E-state index in [0.717, 1.165) is 5.69 Å². The Balaban J connectivity index is 2.02. The molecule has 1 N–H and O–H groups in total. The van der Waals surface area contributed by atoms with E-state index in [4.69, 9.17) is 21.1 Å². The maximum Gasteiger partial charge on any atom is 0.338 e. The molecule has 138 valence electrons. The van der Waals surface area contributed by atoms with E-state index < -0.39 is 18.0 Å². The Kier molecular flexibility index (Phi) is 6.46. The van der Waals surface area contributed by atoms with E-state index in [-0.39, 0.29) is 0 Å². The lowest BCUT2D eigenvalue weighted by atomic mass is 10.2. The molecule has 0 saturated heterocycles. The number of nitrogens with one attached hydrogen (secondary N) is 1. The zero-order chi connectivity index (χ0) is 19.3. The summed E-state index contributed by atoms with van der Waals surface area (Å²) in [5.74, 6) is -0.597. The van der Waals surface area contributed by atoms with Crippen LogP contribution < -0.4 is 15.0 Å². The molecule has 0 heterocycles. The summed E-state index contributed by atoms with van der Waals surface area (Å²) in [6.45, 7) is 1.50. The van der Waals surface area contributed by atoms with Crippen LogP contribution in [0.15, 0.2) is 42.5 Å². The quantitative estimate of drug-likeness (QED) is 0.780. The van der Waals surface area contributed by atoms with Gasteiger partial charge in [-0.1, -0.05) is 11.6 Å². The molecule has 6 nitrogen and oxygen atoms in total. The molecule has 1 atom stereocenters. The number of ether oxygens (including phenoxy) is 2. The molecule has 2 aromatic carbocycles. The van der Waals surface area contributed by atoms with E-state index in [0.29, 0.717) is 22.0 Å². The number of carbonyl (C=O) groups is 2. The van der Waals surface area contributed by atoms with Gasteiger partial charge >= 0.3 is 5.97 Å². The highest BCUT2D eigenvalue weighted by Gasteiger charge is 2.20. The van der Waals surface area contributed by atoms with Crippen LogP contribution in [0.5, 0.6) is 5.75 Å². The van der Waals surface area contributed by atoms with E-state index in [1.165, 1.54) is 14.0 Å². The maximum atomic E-state index is 12.3. The van der Waals surface area contributed by atoms with E-state index >= 15 is 0 Å². The van der Waals surface area contributed by atoms with Crippen LogP contribution in [0.1, 0.15) is 17.3 Å². The molecular weight excluding hydrogens is 356 g/mol. The lowest BCUT2D eigenvalue weighted by Gasteiger charge is -2.16. The maximum absolute atomic E-state index is 12.3. The van der Waals surface area contributed by atoms with Crippen molar-refractivity contribution in [1.29, 1.82) is 0 Å². The number of amides is 1. The SMILES string of the molecule is COc1ccc(Cl)cc1NC(=O)[C@H](C)OC(=O)c1ccc(N(C)C)cc1. The standard InChI is InChI=1S/C19H21ClN2O4/c1-12(18(23)21-16-11-14(20)7-10-17(16)25-4)26-19(24)13-5-8-15(9-6-13)22(2)3/h5-12H,1-4H3,(H,21,23)/t12-/m0/s1. The monoisotopic (exact) mass is 376 g/mol. The molecule has 0 aromatic heterocycles. The minimum Gasteiger partial charge on any atom is -0.495 e. The third-order valence-corrected chi connectivity index (χ3v) is 3.93. The predicted molar refractivity (Wildman–Crippen MR) is 102 cm³/mol. The first-order valence-electron chi connectivity index (χ1n) is 7.94. The Morgan fingerprint density at radius 2 is 1.77 bits per heavy atom. The van der Waals surface area contributed by atoms with Gasteiger partial charge < -0.3 is 19.7 Å². The average Bonchev–Trinajstić information content (AvgIpc) is 2.61. The first-order valence-corrected chi connectivity index (χ1v) is 8.32. The van der Waals surface area contributed by atoms with Crippen LogP contribution >= 0.6 is 11.6 Å². The van der Waals surface area contributed by atoms with Crippen LogP contribution in [0.2, 0.25) is 5.02 Å². The van der Waals surface area contributed by atoms with Crippen LogP contribution in [-0.2, 0) is 9.53 Å². The fourth-order valence-corrected chi connectivity index (χ4v) is 2.36. The number of nitrogens with zero attached hydrogens (tertiary/aromatic N) is 1. The summed E-state index contributed by atoms with van der Waals surface area (Å²) in [5.41, 5.74) is 1.74. The van der Waals surface area contributed by atoms with Crippen LogP contribution in [0.4, 0.5) is 11.4 Å². The normalized spacial score (nSPS) is 11.4. The van der Waals surface area contributed by atoms with Crippen molar-refractivity contribution in [2.24, 2.45) is 0 Å². The summed E-state index contributed by atoms with van der Waals surface area (Å²) in [5, 5.41) is 3.10. The lowest BCUT2D eigenvalue weighted by molar-refractivity contribution is -0.123. The van der Waals surface area contributed by atoms with Crippen molar-refractivity contribution < 1.29 is 19.1 Å². The van der Waals surface area contributed by atoms with Gasteiger partial charge in [-0.2, -0.15) is 0 Å². The number of benzene rings is 2. The van der Waals surface area contributed by atoms with Gasteiger partial charge in [0.15, 0.2) is 6.10 Å². The van der Waals surface area contributed by atoms with Crippen molar-refractivity contribution in [3.8, 4) is 5.75 Å². The molecule has 0 bridgehead atoms. The van der Waals surface area contributed by atoms with Crippen molar-refractivity contribution in [3.05, 3.63) is 53.1 Å². The summed E-state index contributed by atoms with van der Waals surface area (Å²) in [4.78, 5) is 26.4. The lowest BCUT2D eigenvalue weighted by Crippen LogP contribution is -2.30. The molecule has 0 unspecified atom stereocenters. The third kappa shape index (κ3) is 4.89. The minimum atomic E-state index is -0.986. The molecule has 0 saturated carbocycles. The number of carbonyl (C=O) groups excluding carboxylic acids is 2. The highest BCUT2D eigenvalue weighted by atomic mass is 35.5. The van der Waals surface area contributed by atoms with Gasteiger partial charge in [0, 0.05) is 24.8 Å². The predicted octanol–water partition coefficient (Wildman–Crippen LogP) is 3.60. The van der Waals surface area contributed by atoms with E-state index in [1.807, 2.05) is 19.0 Å². The fraction of sp³-hybridized carbons (Fsp3) is 0.263. The summed E-state index contributed by atoms with van der Waals surface area (Å²) < 4.78 is 10.4. The zero-order valence-electron chi connectivity index (χ0n) is 15.1. The van der Waals surface area contributed by atoms with E-state index in [2.05, 4.69) is 5.32 Å². The Hall–Kier alpha value is -2.73. The summed E-state index contributed by atoms with van der Waals surface area (Å²) in [6, 6.07) is 11.8. The number of hydrogen-bond acceptors (Lipinski definition) is 5.